The molecule has 1 heterocycles. The normalized spacial score (nSPS) is 17.9. The van der Waals surface area contributed by atoms with Gasteiger partial charge in [0.1, 0.15) is 11.4 Å². The zero-order chi connectivity index (χ0) is 14.4. The van der Waals surface area contributed by atoms with Crippen molar-refractivity contribution in [2.45, 2.75) is 64.4 Å². The van der Waals surface area contributed by atoms with Crippen LogP contribution >= 0.6 is 0 Å². The Morgan fingerprint density at radius 1 is 1.20 bits per heavy atom. The molecule has 4 heteroatoms. The Hall–Kier alpha value is -1.16. The van der Waals surface area contributed by atoms with Crippen molar-refractivity contribution in [3.63, 3.8) is 0 Å². The lowest BCUT2D eigenvalue weighted by molar-refractivity contribution is -0.0515. The van der Waals surface area contributed by atoms with E-state index in [1.807, 2.05) is 0 Å². The summed E-state index contributed by atoms with van der Waals surface area (Å²) in [5.41, 5.74) is 0.821. The average Bonchev–Trinajstić information content (AvgIpc) is 2.53. The zero-order valence-corrected chi connectivity index (χ0v) is 13.0. The smallest absolute Gasteiger partial charge is 0.162 e. The molecule has 0 atom stereocenters. The van der Waals surface area contributed by atoms with Gasteiger partial charge >= 0.3 is 0 Å². The zero-order valence-electron chi connectivity index (χ0n) is 13.0. The number of ether oxygens (including phenoxy) is 1. The second-order valence-electron chi connectivity index (χ2n) is 5.61. The lowest BCUT2D eigenvalue weighted by atomic mass is 9.84. The molecule has 1 aromatic heterocycles. The van der Waals surface area contributed by atoms with Gasteiger partial charge in [0, 0.05) is 25.4 Å². The molecule has 20 heavy (non-hydrogen) atoms. The van der Waals surface area contributed by atoms with E-state index in [0.29, 0.717) is 0 Å². The van der Waals surface area contributed by atoms with Crippen LogP contribution in [0.25, 0.3) is 0 Å². The Kier molecular flexibility index (Phi) is 5.35. The molecule has 0 amide bonds. The van der Waals surface area contributed by atoms with Crippen LogP contribution in [0, 0.1) is 0 Å². The minimum atomic E-state index is -0.272. The minimum Gasteiger partial charge on any atom is -0.370 e. The third kappa shape index (κ3) is 3.29. The molecule has 1 aromatic rings. The van der Waals surface area contributed by atoms with Crippen LogP contribution in [0.15, 0.2) is 6.07 Å². The fourth-order valence-corrected chi connectivity index (χ4v) is 2.87. The predicted molar refractivity (Wildman–Crippen MR) is 82.0 cm³/mol. The summed E-state index contributed by atoms with van der Waals surface area (Å²) in [7, 11) is 1.80. The molecule has 1 aliphatic rings. The first kappa shape index (κ1) is 15.2. The van der Waals surface area contributed by atoms with E-state index in [1.54, 1.807) is 7.11 Å². The van der Waals surface area contributed by atoms with Crippen molar-refractivity contribution in [2.24, 2.45) is 0 Å². The van der Waals surface area contributed by atoms with Gasteiger partial charge in [-0.25, -0.2) is 9.97 Å². The van der Waals surface area contributed by atoms with Crippen LogP contribution in [0.3, 0.4) is 0 Å². The molecule has 0 aliphatic heterocycles. The van der Waals surface area contributed by atoms with Gasteiger partial charge in [0.15, 0.2) is 5.82 Å². The van der Waals surface area contributed by atoms with Crippen molar-refractivity contribution in [1.82, 2.24) is 9.97 Å². The molecule has 1 saturated carbocycles. The maximum absolute atomic E-state index is 5.87. The highest BCUT2D eigenvalue weighted by atomic mass is 16.5. The number of nitrogens with one attached hydrogen (secondary N) is 1. The molecule has 0 unspecified atom stereocenters. The summed E-state index contributed by atoms with van der Waals surface area (Å²) in [5.74, 6) is 1.81. The first-order chi connectivity index (χ1) is 9.74. The van der Waals surface area contributed by atoms with E-state index < -0.39 is 0 Å². The Bertz CT molecular complexity index is 428. The largest absolute Gasteiger partial charge is 0.370 e. The van der Waals surface area contributed by atoms with Gasteiger partial charge in [-0.1, -0.05) is 33.1 Å². The van der Waals surface area contributed by atoms with Gasteiger partial charge in [-0.15, -0.1) is 0 Å². The van der Waals surface area contributed by atoms with Gasteiger partial charge in [-0.05, 0) is 25.7 Å². The average molecular weight is 277 g/mol. The van der Waals surface area contributed by atoms with Gasteiger partial charge in [-0.3, -0.25) is 0 Å². The monoisotopic (exact) mass is 277 g/mol. The Balaban J connectivity index is 2.32. The number of aromatic nitrogens is 2. The predicted octanol–water partition coefficient (Wildman–Crippen LogP) is 3.67. The first-order valence-electron chi connectivity index (χ1n) is 7.91. The van der Waals surface area contributed by atoms with Crippen LogP contribution in [-0.2, 0) is 16.8 Å². The summed E-state index contributed by atoms with van der Waals surface area (Å²) in [6, 6.07) is 2.06. The number of nitrogens with zero attached hydrogens (tertiary/aromatic N) is 2. The van der Waals surface area contributed by atoms with Crippen molar-refractivity contribution in [3.8, 4) is 0 Å². The maximum Gasteiger partial charge on any atom is 0.162 e. The number of methoxy groups -OCH3 is 1. The molecule has 1 N–H and O–H groups in total. The number of hydrogen-bond donors (Lipinski definition) is 1. The summed E-state index contributed by atoms with van der Waals surface area (Å²) in [5, 5.41) is 3.38. The summed E-state index contributed by atoms with van der Waals surface area (Å²) in [4.78, 5) is 9.49. The van der Waals surface area contributed by atoms with Crippen LogP contribution in [0.5, 0.6) is 0 Å². The summed E-state index contributed by atoms with van der Waals surface area (Å²) < 4.78 is 5.87. The van der Waals surface area contributed by atoms with Gasteiger partial charge in [0.25, 0.3) is 0 Å². The summed E-state index contributed by atoms with van der Waals surface area (Å²) in [6.45, 7) is 5.24. The van der Waals surface area contributed by atoms with Gasteiger partial charge in [0.05, 0.1) is 0 Å². The lowest BCUT2D eigenvalue weighted by Gasteiger charge is -2.34. The maximum atomic E-state index is 5.87. The van der Waals surface area contributed by atoms with E-state index in [0.717, 1.165) is 49.6 Å². The van der Waals surface area contributed by atoms with E-state index in [2.05, 4.69) is 25.2 Å². The van der Waals surface area contributed by atoms with Crippen molar-refractivity contribution >= 4 is 5.82 Å². The standard InChI is InChI=1S/C16H27N3O/c1-4-11-17-14-12-13(5-2)18-15(19-14)16(20-3)9-7-6-8-10-16/h12H,4-11H2,1-3H3,(H,17,18,19). The lowest BCUT2D eigenvalue weighted by Crippen LogP contribution is -2.33. The Morgan fingerprint density at radius 3 is 2.55 bits per heavy atom. The van der Waals surface area contributed by atoms with Crippen molar-refractivity contribution in [2.75, 3.05) is 19.0 Å². The van der Waals surface area contributed by atoms with Crippen LogP contribution in [0.1, 0.15) is 63.9 Å². The van der Waals surface area contributed by atoms with E-state index in [9.17, 15) is 0 Å². The molecular weight excluding hydrogens is 250 g/mol. The quantitative estimate of drug-likeness (QED) is 0.862. The molecule has 1 fully saturated rings. The molecule has 2 rings (SSSR count). The van der Waals surface area contributed by atoms with Crippen molar-refractivity contribution < 1.29 is 4.74 Å². The first-order valence-corrected chi connectivity index (χ1v) is 7.91. The molecule has 0 saturated heterocycles. The molecule has 4 nitrogen and oxygen atoms in total. The number of hydrogen-bond acceptors (Lipinski definition) is 4. The summed E-state index contributed by atoms with van der Waals surface area (Å²) in [6.07, 6.45) is 7.77. The van der Waals surface area contributed by atoms with Crippen molar-refractivity contribution in [3.05, 3.63) is 17.6 Å². The SMILES string of the molecule is CCCNc1cc(CC)nc(C2(OC)CCCCC2)n1. The highest BCUT2D eigenvalue weighted by Crippen LogP contribution is 2.38. The third-order valence-corrected chi connectivity index (χ3v) is 4.16. The van der Waals surface area contributed by atoms with E-state index in [-0.39, 0.29) is 5.60 Å². The molecule has 0 radical (unpaired) electrons. The van der Waals surface area contributed by atoms with E-state index >= 15 is 0 Å². The number of anilines is 1. The molecule has 0 aromatic carbocycles. The molecule has 0 bridgehead atoms. The molecule has 112 valence electrons. The van der Waals surface area contributed by atoms with Crippen LogP contribution in [0.2, 0.25) is 0 Å². The highest BCUT2D eigenvalue weighted by Gasteiger charge is 2.37. The van der Waals surface area contributed by atoms with E-state index in [4.69, 9.17) is 14.7 Å². The third-order valence-electron chi connectivity index (χ3n) is 4.16. The fourth-order valence-electron chi connectivity index (χ4n) is 2.87. The number of aryl methyl sites for hydroxylation is 1. The minimum absolute atomic E-state index is 0.272. The molecule has 0 spiro atoms. The Labute approximate surface area is 122 Å². The second kappa shape index (κ2) is 7.02. The van der Waals surface area contributed by atoms with Crippen LogP contribution in [-0.4, -0.2) is 23.6 Å². The Morgan fingerprint density at radius 2 is 1.95 bits per heavy atom. The van der Waals surface area contributed by atoms with Crippen LogP contribution < -0.4 is 5.32 Å². The van der Waals surface area contributed by atoms with Gasteiger partial charge < -0.3 is 10.1 Å². The molecular formula is C16H27N3O. The second-order valence-corrected chi connectivity index (χ2v) is 5.61. The highest BCUT2D eigenvalue weighted by molar-refractivity contribution is 5.37. The van der Waals surface area contributed by atoms with Gasteiger partial charge in [0.2, 0.25) is 0 Å². The van der Waals surface area contributed by atoms with E-state index in [1.165, 1.54) is 19.3 Å². The topological polar surface area (TPSA) is 47.0 Å². The molecule has 1 aliphatic carbocycles. The summed E-state index contributed by atoms with van der Waals surface area (Å²) >= 11 is 0. The van der Waals surface area contributed by atoms with Crippen molar-refractivity contribution in [1.29, 1.82) is 0 Å². The fraction of sp³-hybridized carbons (Fsp3) is 0.750. The van der Waals surface area contributed by atoms with Gasteiger partial charge in [-0.2, -0.15) is 0 Å². The van der Waals surface area contributed by atoms with Crippen LogP contribution in [0.4, 0.5) is 5.82 Å². The number of rotatable bonds is 6.